The fourth-order valence-corrected chi connectivity index (χ4v) is 3.00. The molecule has 1 atom stereocenters. The lowest BCUT2D eigenvalue weighted by Crippen LogP contribution is -2.51. The molecule has 4 rings (SSSR count). The van der Waals surface area contributed by atoms with Crippen LogP contribution >= 0.6 is 0 Å². The van der Waals surface area contributed by atoms with Gasteiger partial charge in [0.15, 0.2) is 5.66 Å². The molecule has 0 spiro atoms. The second-order valence-electron chi connectivity index (χ2n) is 6.06. The van der Waals surface area contributed by atoms with E-state index in [1.807, 2.05) is 14.0 Å². The highest BCUT2D eigenvalue weighted by molar-refractivity contribution is 5.70. The number of benzene rings is 1. The average molecular weight is 352 g/mol. The van der Waals surface area contributed by atoms with E-state index in [4.69, 9.17) is 10.5 Å². The molecule has 132 valence electrons. The van der Waals surface area contributed by atoms with E-state index in [1.54, 1.807) is 53.4 Å². The topological polar surface area (TPSA) is 81.6 Å². The highest BCUT2D eigenvalue weighted by Crippen LogP contribution is 2.43. The Balaban J connectivity index is 1.84. The number of para-hydroxylation sites is 1. The fraction of sp³-hybridized carbons (Fsp3) is 0.167. The van der Waals surface area contributed by atoms with E-state index in [0.717, 1.165) is 12.0 Å². The number of aliphatic imine (C=N–C) groups is 1. The maximum Gasteiger partial charge on any atom is 0.322 e. The minimum atomic E-state index is -1.58. The molecule has 8 heteroatoms. The third-order valence-electron chi connectivity index (χ3n) is 4.34. The van der Waals surface area contributed by atoms with Crippen molar-refractivity contribution in [2.24, 2.45) is 17.8 Å². The van der Waals surface area contributed by atoms with E-state index >= 15 is 0 Å². The van der Waals surface area contributed by atoms with Gasteiger partial charge in [-0.1, -0.05) is 22.7 Å². The summed E-state index contributed by atoms with van der Waals surface area (Å²) in [4.78, 5) is 12.5. The van der Waals surface area contributed by atoms with Crippen LogP contribution < -0.4 is 10.5 Å². The van der Waals surface area contributed by atoms with Crippen molar-refractivity contribution < 1.29 is 9.22 Å². The van der Waals surface area contributed by atoms with Gasteiger partial charge in [0.1, 0.15) is 17.9 Å². The number of aromatic nitrogens is 3. The molecule has 0 saturated carbocycles. The zero-order chi connectivity index (χ0) is 18.3. The van der Waals surface area contributed by atoms with Gasteiger partial charge in [-0.25, -0.2) is 15.0 Å². The Labute approximate surface area is 149 Å². The molecule has 0 amide bonds. The van der Waals surface area contributed by atoms with Crippen LogP contribution in [-0.4, -0.2) is 26.0 Å². The van der Waals surface area contributed by atoms with E-state index < -0.39 is 5.66 Å². The molecular formula is C18H17FN6O. The van der Waals surface area contributed by atoms with Gasteiger partial charge in [-0.3, -0.25) is 5.73 Å². The number of nitrogens with two attached hydrogens (primary N) is 1. The molecular weight excluding hydrogens is 335 g/mol. The Hall–Kier alpha value is -3.26. The Morgan fingerprint density at radius 2 is 1.96 bits per heavy atom. The van der Waals surface area contributed by atoms with Crippen molar-refractivity contribution in [1.29, 1.82) is 0 Å². The molecule has 3 heterocycles. The molecule has 0 aliphatic carbocycles. The number of fused-ring (bicyclic) bond motifs is 1. The Morgan fingerprint density at radius 1 is 1.15 bits per heavy atom. The van der Waals surface area contributed by atoms with Crippen molar-refractivity contribution >= 4 is 12.2 Å². The van der Waals surface area contributed by atoms with Gasteiger partial charge in [-0.05, 0) is 25.1 Å². The van der Waals surface area contributed by atoms with Gasteiger partial charge in [0, 0.05) is 36.3 Å². The smallest absolute Gasteiger partial charge is 0.322 e. The van der Waals surface area contributed by atoms with Gasteiger partial charge in [-0.15, -0.1) is 0 Å². The summed E-state index contributed by atoms with van der Waals surface area (Å²) in [7, 11) is 1.83. The molecule has 26 heavy (non-hydrogen) atoms. The third kappa shape index (κ3) is 2.42. The SMILES string of the molecule is Cc1ccnc(Oc2ccccc2C2(N)c3ccn(C)c3N=CN2F)n1. The van der Waals surface area contributed by atoms with Crippen molar-refractivity contribution in [3.63, 3.8) is 0 Å². The number of halogens is 1. The lowest BCUT2D eigenvalue weighted by Gasteiger charge is -2.36. The molecule has 1 aliphatic heterocycles. The maximum atomic E-state index is 14.9. The second-order valence-corrected chi connectivity index (χ2v) is 6.06. The number of hydrogen-bond donors (Lipinski definition) is 1. The lowest BCUT2D eigenvalue weighted by atomic mass is 9.91. The summed E-state index contributed by atoms with van der Waals surface area (Å²) in [6.07, 6.45) is 4.46. The summed E-state index contributed by atoms with van der Waals surface area (Å²) in [6, 6.07) is 10.7. The molecule has 1 aliphatic rings. The van der Waals surface area contributed by atoms with Crippen LogP contribution in [0.1, 0.15) is 16.8 Å². The van der Waals surface area contributed by atoms with Crippen LogP contribution in [0.15, 0.2) is 53.8 Å². The van der Waals surface area contributed by atoms with Crippen LogP contribution in [0.5, 0.6) is 11.8 Å². The molecule has 2 N–H and O–H groups in total. The fourth-order valence-electron chi connectivity index (χ4n) is 3.00. The van der Waals surface area contributed by atoms with Gasteiger partial charge in [0.25, 0.3) is 0 Å². The van der Waals surface area contributed by atoms with Crippen molar-refractivity contribution in [3.05, 3.63) is 65.6 Å². The molecule has 0 fully saturated rings. The van der Waals surface area contributed by atoms with Crippen LogP contribution in [0, 0.1) is 6.92 Å². The van der Waals surface area contributed by atoms with Crippen LogP contribution in [-0.2, 0) is 12.7 Å². The first kappa shape index (κ1) is 16.2. The summed E-state index contributed by atoms with van der Waals surface area (Å²) < 4.78 is 22.5. The highest BCUT2D eigenvalue weighted by Gasteiger charge is 2.44. The standard InChI is InChI=1S/C18H17FN6O/c1-12-7-9-21-17(23-12)26-15-6-4-3-5-13(15)18(20)14-8-10-24(2)16(14)22-11-25(18)19/h3-11H,20H2,1-2H3. The molecule has 2 aromatic heterocycles. The number of nitrogens with zero attached hydrogens (tertiary/aromatic N) is 5. The van der Waals surface area contributed by atoms with Crippen LogP contribution in [0.4, 0.5) is 10.3 Å². The summed E-state index contributed by atoms with van der Waals surface area (Å²) in [5.41, 5.74) is 6.71. The van der Waals surface area contributed by atoms with Gasteiger partial charge in [0.05, 0.1) is 0 Å². The molecule has 1 aromatic carbocycles. The monoisotopic (exact) mass is 352 g/mol. The number of hydrogen-bond acceptors (Lipinski definition) is 6. The first-order valence-electron chi connectivity index (χ1n) is 8.01. The normalized spacial score (nSPS) is 18.7. The Kier molecular flexibility index (Phi) is 3.69. The van der Waals surface area contributed by atoms with Crippen LogP contribution in [0.25, 0.3) is 0 Å². The molecule has 3 aromatic rings. The van der Waals surface area contributed by atoms with E-state index in [2.05, 4.69) is 15.0 Å². The number of ether oxygens (including phenoxy) is 1. The molecule has 0 saturated heterocycles. The quantitative estimate of drug-likeness (QED) is 0.733. The van der Waals surface area contributed by atoms with Crippen LogP contribution in [0.3, 0.4) is 0 Å². The average Bonchev–Trinajstić information content (AvgIpc) is 3.01. The third-order valence-corrected chi connectivity index (χ3v) is 4.34. The zero-order valence-corrected chi connectivity index (χ0v) is 14.3. The number of rotatable bonds is 3. The summed E-state index contributed by atoms with van der Waals surface area (Å²) >= 11 is 0. The summed E-state index contributed by atoms with van der Waals surface area (Å²) in [6.45, 7) is 1.84. The van der Waals surface area contributed by atoms with E-state index in [1.165, 1.54) is 0 Å². The zero-order valence-electron chi connectivity index (χ0n) is 14.3. The largest absolute Gasteiger partial charge is 0.424 e. The van der Waals surface area contributed by atoms with E-state index in [-0.39, 0.29) is 6.01 Å². The van der Waals surface area contributed by atoms with E-state index in [9.17, 15) is 4.48 Å². The van der Waals surface area contributed by atoms with Gasteiger partial charge >= 0.3 is 6.01 Å². The maximum absolute atomic E-state index is 14.9. The summed E-state index contributed by atoms with van der Waals surface area (Å²) in [5, 5.41) is 0.384. The molecule has 0 radical (unpaired) electrons. The van der Waals surface area contributed by atoms with Crippen molar-refractivity contribution in [1.82, 2.24) is 19.7 Å². The van der Waals surface area contributed by atoms with Crippen molar-refractivity contribution in [3.8, 4) is 11.8 Å². The van der Waals surface area contributed by atoms with Gasteiger partial charge < -0.3 is 9.30 Å². The molecule has 7 nitrogen and oxygen atoms in total. The van der Waals surface area contributed by atoms with Gasteiger partial charge in [-0.2, -0.15) is 5.12 Å². The highest BCUT2D eigenvalue weighted by atomic mass is 19.2. The van der Waals surface area contributed by atoms with E-state index in [0.29, 0.717) is 27.8 Å². The molecule has 0 bridgehead atoms. The van der Waals surface area contributed by atoms with Gasteiger partial charge in [0.2, 0.25) is 0 Å². The minimum absolute atomic E-state index is 0.171. The first-order chi connectivity index (χ1) is 12.5. The Bertz CT molecular complexity index is 1000. The second kappa shape index (κ2) is 5.92. The first-order valence-corrected chi connectivity index (χ1v) is 8.01. The minimum Gasteiger partial charge on any atom is -0.424 e. The predicted molar refractivity (Wildman–Crippen MR) is 94.8 cm³/mol. The lowest BCUT2D eigenvalue weighted by molar-refractivity contribution is 0.0185. The summed E-state index contributed by atoms with van der Waals surface area (Å²) in [5.74, 6) is 0.955. The molecule has 1 unspecified atom stereocenters. The van der Waals surface area contributed by atoms with Crippen molar-refractivity contribution in [2.45, 2.75) is 12.6 Å². The predicted octanol–water partition coefficient (Wildman–Crippen LogP) is 2.94. The Morgan fingerprint density at radius 3 is 2.77 bits per heavy atom. The number of aryl methyl sites for hydroxylation is 2. The van der Waals surface area contributed by atoms with Crippen LogP contribution in [0.2, 0.25) is 0 Å². The van der Waals surface area contributed by atoms with Crippen molar-refractivity contribution in [2.75, 3.05) is 0 Å².